The molecule has 4 aromatic carbocycles. The van der Waals surface area contributed by atoms with Gasteiger partial charge in [-0.1, -0.05) is 84.9 Å². The molecule has 7 N–H and O–H groups in total. The largest absolute Gasteiger partial charge is 0.507 e. The number of hydrogen-bond donors (Lipinski definition) is 6. The maximum Gasteiger partial charge on any atom is 0.339 e. The minimum Gasteiger partial charge on any atom is -0.507 e. The van der Waals surface area contributed by atoms with Gasteiger partial charge in [-0.2, -0.15) is 0 Å². The number of aromatic hydroxyl groups is 1. The van der Waals surface area contributed by atoms with Crippen molar-refractivity contribution in [3.63, 3.8) is 0 Å². The summed E-state index contributed by atoms with van der Waals surface area (Å²) in [4.78, 5) is 24.3. The van der Waals surface area contributed by atoms with Crippen molar-refractivity contribution in [1.29, 1.82) is 0 Å². The number of carbonyl (C=O) groups is 2. The van der Waals surface area contributed by atoms with Crippen LogP contribution in [-0.2, 0) is 15.8 Å². The third kappa shape index (κ3) is 8.60. The van der Waals surface area contributed by atoms with E-state index in [0.717, 1.165) is 61.2 Å². The first kappa shape index (κ1) is 36.1. The van der Waals surface area contributed by atoms with E-state index in [1.165, 1.54) is 18.2 Å². The smallest absolute Gasteiger partial charge is 0.339 e. The molecule has 0 bridgehead atoms. The second kappa shape index (κ2) is 15.9. The molecule has 1 saturated heterocycles. The summed E-state index contributed by atoms with van der Waals surface area (Å²) >= 11 is 0. The molecular formula is C39H46N2O7. The number of phenols is 1. The molecule has 1 heterocycles. The molecule has 0 aliphatic carbocycles. The second-order valence-corrected chi connectivity index (χ2v) is 12.9. The van der Waals surface area contributed by atoms with Gasteiger partial charge in [0, 0.05) is 5.69 Å². The lowest BCUT2D eigenvalue weighted by Crippen LogP contribution is -2.44. The van der Waals surface area contributed by atoms with Gasteiger partial charge in [-0.25, -0.2) is 4.79 Å². The molecular weight excluding hydrogens is 608 g/mol. The Hall–Kier alpha value is -4.70. The molecule has 0 amide bonds. The van der Waals surface area contributed by atoms with Gasteiger partial charge in [0.05, 0.1) is 11.5 Å². The Kier molecular flexibility index (Phi) is 12.0. The second-order valence-electron chi connectivity index (χ2n) is 12.9. The number of likely N-dealkylation sites (tertiary alicyclic amines) is 1. The van der Waals surface area contributed by atoms with Crippen LogP contribution in [0.4, 0.5) is 5.69 Å². The number of rotatable bonds is 11. The molecule has 254 valence electrons. The molecule has 1 fully saturated rings. The molecule has 5 rings (SSSR count). The van der Waals surface area contributed by atoms with Gasteiger partial charge in [0.1, 0.15) is 16.9 Å². The Labute approximate surface area is 281 Å². The lowest BCUT2D eigenvalue weighted by molar-refractivity contribution is -0.142. The van der Waals surface area contributed by atoms with Crippen molar-refractivity contribution in [3.8, 4) is 5.75 Å². The fourth-order valence-electron chi connectivity index (χ4n) is 6.24. The molecule has 1 aliphatic heterocycles. The molecule has 0 saturated carbocycles. The summed E-state index contributed by atoms with van der Waals surface area (Å²) in [6.45, 7) is 6.11. The van der Waals surface area contributed by atoms with Crippen molar-refractivity contribution in [2.45, 2.75) is 56.7 Å². The molecule has 9 heteroatoms. The van der Waals surface area contributed by atoms with Crippen molar-refractivity contribution in [2.75, 3.05) is 25.4 Å². The Morgan fingerprint density at radius 3 is 1.85 bits per heavy atom. The van der Waals surface area contributed by atoms with E-state index in [4.69, 9.17) is 15.9 Å². The van der Waals surface area contributed by atoms with Crippen LogP contribution in [0.15, 0.2) is 103 Å². The van der Waals surface area contributed by atoms with Crippen molar-refractivity contribution < 1.29 is 35.1 Å². The van der Waals surface area contributed by atoms with Crippen molar-refractivity contribution >= 4 is 17.6 Å². The fourth-order valence-corrected chi connectivity index (χ4v) is 6.24. The van der Waals surface area contributed by atoms with Crippen LogP contribution in [0.2, 0.25) is 0 Å². The van der Waals surface area contributed by atoms with E-state index in [9.17, 15) is 24.9 Å². The van der Waals surface area contributed by atoms with Crippen LogP contribution >= 0.6 is 0 Å². The fraction of sp³-hybridized carbons (Fsp3) is 0.333. The molecule has 1 unspecified atom stereocenters. The molecule has 1 aliphatic rings. The number of carboxylic acid groups (broad SMARTS) is 2. The van der Waals surface area contributed by atoms with Crippen LogP contribution in [0.5, 0.6) is 5.75 Å². The standard InChI is InChI=1S/C32H39NO4.C7H7NO3/c1-31(2,30(35)36)25-17-15-24(16-18-25)29(34)14-9-21-33-22-19-28(20-23-33)32(37,26-10-5-3-6-11-26)27-12-7-4-8-13-27;8-4-1-2-6(9)5(3-4)7(10)11/h3-8,10-13,15-18,28-29,34,37H,9,14,19-23H2,1-2H3,(H,35,36);1-3,9H,8H2,(H,10,11). The number of carboxylic acids is 2. The van der Waals surface area contributed by atoms with Gasteiger partial charge in [0.2, 0.25) is 0 Å². The minimum atomic E-state index is -1.19. The van der Waals surface area contributed by atoms with Crippen LogP contribution in [-0.4, -0.2) is 62.0 Å². The monoisotopic (exact) mass is 654 g/mol. The predicted molar refractivity (Wildman–Crippen MR) is 186 cm³/mol. The van der Waals surface area contributed by atoms with Gasteiger partial charge in [-0.05, 0) is 106 Å². The van der Waals surface area contributed by atoms with E-state index in [2.05, 4.69) is 4.90 Å². The molecule has 9 nitrogen and oxygen atoms in total. The number of anilines is 1. The Morgan fingerprint density at radius 1 is 0.833 bits per heavy atom. The first-order valence-corrected chi connectivity index (χ1v) is 16.2. The lowest BCUT2D eigenvalue weighted by atomic mass is 9.72. The summed E-state index contributed by atoms with van der Waals surface area (Å²) < 4.78 is 0. The molecule has 0 spiro atoms. The van der Waals surface area contributed by atoms with Crippen molar-refractivity contribution in [3.05, 3.63) is 131 Å². The van der Waals surface area contributed by atoms with Crippen LogP contribution < -0.4 is 5.73 Å². The Bertz CT molecular complexity index is 1590. The van der Waals surface area contributed by atoms with Gasteiger partial charge < -0.3 is 36.2 Å². The van der Waals surface area contributed by atoms with Crippen molar-refractivity contribution in [1.82, 2.24) is 4.90 Å². The highest BCUT2D eigenvalue weighted by Crippen LogP contribution is 2.42. The molecule has 48 heavy (non-hydrogen) atoms. The van der Waals surface area contributed by atoms with E-state index >= 15 is 0 Å². The average molecular weight is 655 g/mol. The number of benzene rings is 4. The number of piperidine rings is 1. The first-order chi connectivity index (χ1) is 22.8. The zero-order chi connectivity index (χ0) is 34.9. The number of nitrogen functional groups attached to an aromatic ring is 1. The number of hydrogen-bond acceptors (Lipinski definition) is 7. The molecule has 0 radical (unpaired) electrons. The first-order valence-electron chi connectivity index (χ1n) is 16.2. The van der Waals surface area contributed by atoms with E-state index in [-0.39, 0.29) is 17.2 Å². The van der Waals surface area contributed by atoms with Gasteiger partial charge in [0.15, 0.2) is 0 Å². The normalized spacial score (nSPS) is 14.8. The third-order valence-corrected chi connectivity index (χ3v) is 9.36. The molecule has 1 atom stereocenters. The van der Waals surface area contributed by atoms with Gasteiger partial charge in [-0.15, -0.1) is 0 Å². The van der Waals surface area contributed by atoms with E-state index in [0.29, 0.717) is 12.1 Å². The Balaban J connectivity index is 0.000000401. The van der Waals surface area contributed by atoms with Gasteiger partial charge in [-0.3, -0.25) is 4.79 Å². The number of aromatic carboxylic acids is 1. The van der Waals surface area contributed by atoms with Crippen LogP contribution in [0.25, 0.3) is 0 Å². The Morgan fingerprint density at radius 2 is 1.38 bits per heavy atom. The number of aliphatic hydroxyl groups excluding tert-OH is 1. The van der Waals surface area contributed by atoms with E-state index in [1.54, 1.807) is 26.0 Å². The van der Waals surface area contributed by atoms with Gasteiger partial charge >= 0.3 is 11.9 Å². The average Bonchev–Trinajstić information content (AvgIpc) is 3.10. The van der Waals surface area contributed by atoms with E-state index < -0.39 is 29.1 Å². The summed E-state index contributed by atoms with van der Waals surface area (Å²) in [6, 6.07) is 31.2. The van der Waals surface area contributed by atoms with Crippen LogP contribution in [0, 0.1) is 5.92 Å². The summed E-state index contributed by atoms with van der Waals surface area (Å²) in [5.74, 6) is -2.19. The van der Waals surface area contributed by atoms with Crippen LogP contribution in [0.1, 0.15) is 78.2 Å². The zero-order valence-corrected chi connectivity index (χ0v) is 27.5. The highest BCUT2D eigenvalue weighted by atomic mass is 16.4. The minimum absolute atomic E-state index is 0.132. The summed E-state index contributed by atoms with van der Waals surface area (Å²) in [6.07, 6.45) is 2.77. The maximum absolute atomic E-state index is 12.1. The van der Waals surface area contributed by atoms with Gasteiger partial charge in [0.25, 0.3) is 0 Å². The summed E-state index contributed by atoms with van der Waals surface area (Å²) in [7, 11) is 0. The number of aliphatic carboxylic acids is 1. The predicted octanol–water partition coefficient (Wildman–Crippen LogP) is 6.18. The summed E-state index contributed by atoms with van der Waals surface area (Å²) in [5.41, 5.74) is 6.91. The van der Waals surface area contributed by atoms with E-state index in [1.807, 2.05) is 72.8 Å². The highest BCUT2D eigenvalue weighted by Gasteiger charge is 2.41. The zero-order valence-electron chi connectivity index (χ0n) is 27.5. The maximum atomic E-state index is 12.1. The number of nitrogens with two attached hydrogens (primary N) is 1. The third-order valence-electron chi connectivity index (χ3n) is 9.36. The SMILES string of the molecule is CC(C)(C(=O)O)c1ccc(C(O)CCCN2CCC(C(O)(c3ccccc3)c3ccccc3)CC2)cc1.Nc1ccc(O)c(C(=O)O)c1. The summed E-state index contributed by atoms with van der Waals surface area (Å²) in [5, 5.41) is 49.6. The van der Waals surface area contributed by atoms with Crippen LogP contribution in [0.3, 0.4) is 0 Å². The molecule has 4 aromatic rings. The molecule has 0 aromatic heterocycles. The number of nitrogens with zero attached hydrogens (tertiary/aromatic N) is 1. The quantitative estimate of drug-likeness (QED) is 0.0818. The topological polar surface area (TPSA) is 165 Å². The highest BCUT2D eigenvalue weighted by molar-refractivity contribution is 5.91. The van der Waals surface area contributed by atoms with Crippen molar-refractivity contribution in [2.24, 2.45) is 5.92 Å². The number of aliphatic hydroxyl groups is 2. The lowest BCUT2D eigenvalue weighted by Gasteiger charge is -2.42.